The van der Waals surface area contributed by atoms with E-state index in [-0.39, 0.29) is 29.8 Å². The summed E-state index contributed by atoms with van der Waals surface area (Å²) in [5, 5.41) is 8.65. The van der Waals surface area contributed by atoms with Crippen molar-refractivity contribution in [1.29, 1.82) is 0 Å². The van der Waals surface area contributed by atoms with Crippen LogP contribution in [0.2, 0.25) is 0 Å². The van der Waals surface area contributed by atoms with Crippen LogP contribution in [-0.2, 0) is 27.3 Å². The summed E-state index contributed by atoms with van der Waals surface area (Å²) in [5.74, 6) is -3.68. The maximum absolute atomic E-state index is 13.5. The summed E-state index contributed by atoms with van der Waals surface area (Å²) in [6.07, 6.45) is -0.0529. The second-order valence-corrected chi connectivity index (χ2v) is 7.58. The number of ether oxygens (including phenoxy) is 1. The molecule has 2 heterocycles. The van der Waals surface area contributed by atoms with E-state index >= 15 is 0 Å². The standard InChI is InChI=1S/C23H21F2N3O3/c1-13-20(29)17(10-16-8-9-18(24)19(25)11-16)22(30)28-23(13)31-21(27-28)14(2)26-12-15-6-4-3-5-7-15/h3-9,11,14,17,26H,10,12H2,1-2H3. The summed E-state index contributed by atoms with van der Waals surface area (Å²) in [6.45, 7) is 3.99. The second kappa shape index (κ2) is 8.39. The number of carbonyl (C=O) groups excluding carboxylic acids is 2. The maximum atomic E-state index is 13.5. The van der Waals surface area contributed by atoms with Crippen LogP contribution in [0.15, 0.2) is 65.1 Å². The zero-order valence-electron chi connectivity index (χ0n) is 17.1. The van der Waals surface area contributed by atoms with Crippen molar-refractivity contribution in [3.63, 3.8) is 0 Å². The third-order valence-corrected chi connectivity index (χ3v) is 5.36. The lowest BCUT2D eigenvalue weighted by Crippen LogP contribution is -2.41. The van der Waals surface area contributed by atoms with Gasteiger partial charge in [-0.25, -0.2) is 8.78 Å². The topological polar surface area (TPSA) is 71.0 Å². The van der Waals surface area contributed by atoms with Gasteiger partial charge in [0.25, 0.3) is 5.91 Å². The molecule has 2 aromatic carbocycles. The molecule has 0 saturated heterocycles. The number of Topliss-reactive ketones (excluding diaryl/α,β-unsaturated/α-hetero) is 1. The highest BCUT2D eigenvalue weighted by Crippen LogP contribution is 2.32. The molecular weight excluding hydrogens is 404 g/mol. The van der Waals surface area contributed by atoms with Gasteiger partial charge >= 0.3 is 0 Å². The average molecular weight is 425 g/mol. The maximum Gasteiger partial charge on any atom is 0.261 e. The Morgan fingerprint density at radius 1 is 1.10 bits per heavy atom. The number of allylic oxidation sites excluding steroid dienone is 1. The third kappa shape index (κ3) is 4.11. The van der Waals surface area contributed by atoms with E-state index in [0.29, 0.717) is 12.1 Å². The number of benzene rings is 2. The summed E-state index contributed by atoms with van der Waals surface area (Å²) in [4.78, 5) is 25.8. The number of halogens is 2. The van der Waals surface area contributed by atoms with E-state index in [0.717, 1.165) is 22.7 Å². The molecule has 0 aliphatic carbocycles. The lowest BCUT2D eigenvalue weighted by Gasteiger charge is -2.25. The van der Waals surface area contributed by atoms with Crippen molar-refractivity contribution in [2.75, 3.05) is 0 Å². The molecule has 0 bridgehead atoms. The fourth-order valence-electron chi connectivity index (χ4n) is 3.53. The summed E-state index contributed by atoms with van der Waals surface area (Å²) in [5.41, 5.74) is 1.70. The molecular formula is C23H21F2N3O3. The molecule has 0 saturated carbocycles. The Labute approximate surface area is 178 Å². The van der Waals surface area contributed by atoms with Gasteiger partial charge in [-0.15, -0.1) is 5.10 Å². The van der Waals surface area contributed by atoms with E-state index in [1.165, 1.54) is 6.07 Å². The molecule has 0 spiro atoms. The fourth-order valence-corrected chi connectivity index (χ4v) is 3.53. The van der Waals surface area contributed by atoms with Gasteiger partial charge in [0.05, 0.1) is 11.6 Å². The van der Waals surface area contributed by atoms with Crippen LogP contribution in [-0.4, -0.2) is 28.6 Å². The Kier molecular flexibility index (Phi) is 5.65. The number of rotatable bonds is 6. The van der Waals surface area contributed by atoms with E-state index in [9.17, 15) is 18.4 Å². The van der Waals surface area contributed by atoms with Crippen molar-refractivity contribution in [2.45, 2.75) is 32.9 Å². The predicted molar refractivity (Wildman–Crippen MR) is 109 cm³/mol. The first-order valence-electron chi connectivity index (χ1n) is 9.91. The largest absolute Gasteiger partial charge is 0.421 e. The number of ketones is 1. The van der Waals surface area contributed by atoms with Gasteiger partial charge in [-0.1, -0.05) is 36.4 Å². The number of hydrazone groups is 1. The van der Waals surface area contributed by atoms with Crippen molar-refractivity contribution >= 4 is 17.6 Å². The number of nitrogens with one attached hydrogen (secondary N) is 1. The highest BCUT2D eigenvalue weighted by Gasteiger charge is 2.45. The normalized spacial score (nSPS) is 19.3. The molecule has 1 amide bonds. The molecule has 8 heteroatoms. The lowest BCUT2D eigenvalue weighted by molar-refractivity contribution is -0.141. The van der Waals surface area contributed by atoms with Crippen LogP contribution in [0.25, 0.3) is 0 Å². The zero-order chi connectivity index (χ0) is 22.1. The van der Waals surface area contributed by atoms with Gasteiger partial charge in [-0.2, -0.15) is 5.01 Å². The Hall–Kier alpha value is -3.39. The van der Waals surface area contributed by atoms with Crippen LogP contribution in [0, 0.1) is 17.6 Å². The quantitative estimate of drug-likeness (QED) is 0.721. The van der Waals surface area contributed by atoms with E-state index in [1.807, 2.05) is 37.3 Å². The Bertz CT molecular complexity index is 1100. The van der Waals surface area contributed by atoms with Gasteiger partial charge in [0, 0.05) is 6.54 Å². The number of amides is 1. The van der Waals surface area contributed by atoms with Gasteiger partial charge in [-0.3, -0.25) is 9.59 Å². The van der Waals surface area contributed by atoms with E-state index in [2.05, 4.69) is 10.4 Å². The van der Waals surface area contributed by atoms with Crippen LogP contribution in [0.5, 0.6) is 0 Å². The van der Waals surface area contributed by atoms with Crippen LogP contribution in [0.3, 0.4) is 0 Å². The van der Waals surface area contributed by atoms with E-state index in [4.69, 9.17) is 4.74 Å². The molecule has 6 nitrogen and oxygen atoms in total. The highest BCUT2D eigenvalue weighted by molar-refractivity contribution is 6.13. The molecule has 1 N–H and O–H groups in total. The zero-order valence-corrected chi connectivity index (χ0v) is 17.1. The number of carbonyl (C=O) groups is 2. The van der Waals surface area contributed by atoms with Crippen molar-refractivity contribution in [2.24, 2.45) is 11.0 Å². The Balaban J connectivity index is 1.51. The van der Waals surface area contributed by atoms with Crippen LogP contribution < -0.4 is 5.32 Å². The van der Waals surface area contributed by atoms with Gasteiger partial charge < -0.3 is 10.1 Å². The van der Waals surface area contributed by atoms with Gasteiger partial charge in [0.1, 0.15) is 5.92 Å². The molecule has 0 aromatic heterocycles. The number of nitrogens with zero attached hydrogens (tertiary/aromatic N) is 2. The minimum absolute atomic E-state index is 0.0529. The third-order valence-electron chi connectivity index (χ3n) is 5.36. The molecule has 2 aromatic rings. The van der Waals surface area contributed by atoms with Crippen LogP contribution in [0.1, 0.15) is 25.0 Å². The average Bonchev–Trinajstić information content (AvgIpc) is 3.23. The summed E-state index contributed by atoms with van der Waals surface area (Å²) in [7, 11) is 0. The molecule has 0 radical (unpaired) electrons. The molecule has 2 aliphatic rings. The smallest absolute Gasteiger partial charge is 0.261 e. The molecule has 2 atom stereocenters. The predicted octanol–water partition coefficient (Wildman–Crippen LogP) is 3.29. The first-order valence-corrected chi connectivity index (χ1v) is 9.91. The minimum atomic E-state index is -1.08. The van der Waals surface area contributed by atoms with E-state index < -0.39 is 29.2 Å². The second-order valence-electron chi connectivity index (χ2n) is 7.58. The monoisotopic (exact) mass is 425 g/mol. The van der Waals surface area contributed by atoms with Crippen LogP contribution >= 0.6 is 0 Å². The fraction of sp³-hybridized carbons (Fsp3) is 0.261. The SMILES string of the molecule is CC1=C2OC(C(C)NCc3ccccc3)=NN2C(=O)C(Cc2ccc(F)c(F)c2)C1=O. The summed E-state index contributed by atoms with van der Waals surface area (Å²) < 4.78 is 32.5. The number of hydrogen-bond acceptors (Lipinski definition) is 5. The first-order chi connectivity index (χ1) is 14.8. The Morgan fingerprint density at radius 3 is 2.55 bits per heavy atom. The van der Waals surface area contributed by atoms with Crippen molar-refractivity contribution in [3.8, 4) is 0 Å². The molecule has 160 valence electrons. The summed E-state index contributed by atoms with van der Waals surface area (Å²) >= 11 is 0. The molecule has 4 rings (SSSR count). The molecule has 2 aliphatic heterocycles. The number of hydrogen-bond donors (Lipinski definition) is 1. The van der Waals surface area contributed by atoms with Crippen molar-refractivity contribution < 1.29 is 23.1 Å². The van der Waals surface area contributed by atoms with Gasteiger partial charge in [-0.05, 0) is 43.5 Å². The van der Waals surface area contributed by atoms with Crippen molar-refractivity contribution in [1.82, 2.24) is 10.3 Å². The van der Waals surface area contributed by atoms with Gasteiger partial charge in [0.2, 0.25) is 11.8 Å². The minimum Gasteiger partial charge on any atom is -0.421 e. The summed E-state index contributed by atoms with van der Waals surface area (Å²) in [6, 6.07) is 12.8. The Morgan fingerprint density at radius 2 is 1.84 bits per heavy atom. The number of fused-ring (bicyclic) bond motifs is 1. The molecule has 2 unspecified atom stereocenters. The van der Waals surface area contributed by atoms with Crippen LogP contribution in [0.4, 0.5) is 8.78 Å². The first kappa shape index (κ1) is 20.9. The molecule has 31 heavy (non-hydrogen) atoms. The van der Waals surface area contributed by atoms with Crippen molar-refractivity contribution in [3.05, 3.63) is 82.7 Å². The molecule has 0 fully saturated rings. The van der Waals surface area contributed by atoms with Gasteiger partial charge in [0.15, 0.2) is 17.4 Å². The van der Waals surface area contributed by atoms with E-state index in [1.54, 1.807) is 6.92 Å². The lowest BCUT2D eigenvalue weighted by atomic mass is 9.88. The highest BCUT2D eigenvalue weighted by atomic mass is 19.2.